The molecule has 4 saturated heterocycles. The number of phenolic OH excluding ortho intramolecular Hbond substituents is 1. The Balaban J connectivity index is 1.25. The van der Waals surface area contributed by atoms with Crippen molar-refractivity contribution in [1.29, 1.82) is 0 Å². The summed E-state index contributed by atoms with van der Waals surface area (Å²) >= 11 is 0. The van der Waals surface area contributed by atoms with E-state index in [9.17, 15) is 9.50 Å². The maximum atomic E-state index is 17.1. The molecular weight excluding hydrogens is 602 g/mol. The van der Waals surface area contributed by atoms with Crippen LogP contribution in [-0.4, -0.2) is 81.5 Å². The summed E-state index contributed by atoms with van der Waals surface area (Å²) in [6.45, 7) is 11.2. The van der Waals surface area contributed by atoms with E-state index < -0.39 is 11.6 Å². The number of pyridine rings is 1. The van der Waals surface area contributed by atoms with Gasteiger partial charge in [0.15, 0.2) is 5.82 Å². The van der Waals surface area contributed by atoms with Gasteiger partial charge in [-0.15, -0.1) is 6.42 Å². The van der Waals surface area contributed by atoms with E-state index in [-0.39, 0.29) is 82.2 Å². The van der Waals surface area contributed by atoms with E-state index in [0.29, 0.717) is 23.1 Å². The molecule has 9 rings (SSSR count). The van der Waals surface area contributed by atoms with Crippen molar-refractivity contribution in [3.8, 4) is 41.2 Å². The number of halogens is 2. The van der Waals surface area contributed by atoms with Crippen LogP contribution in [-0.2, 0) is 0 Å². The molecule has 0 radical (unpaired) electrons. The monoisotopic (exact) mass is 634 g/mol. The molecule has 3 atom stereocenters. The minimum Gasteiger partial charge on any atom is -0.508 e. The zero-order valence-electron chi connectivity index (χ0n) is 25.7. The average Bonchev–Trinajstić information content (AvgIpc) is 3.64. The minimum absolute atomic E-state index is 0.0345. The van der Waals surface area contributed by atoms with Crippen LogP contribution in [0.2, 0.25) is 0 Å². The van der Waals surface area contributed by atoms with Gasteiger partial charge in [-0.05, 0) is 49.3 Å². The van der Waals surface area contributed by atoms with Gasteiger partial charge in [0.1, 0.15) is 47.2 Å². The molecule has 4 fully saturated rings. The van der Waals surface area contributed by atoms with Gasteiger partial charge >= 0.3 is 6.01 Å². The largest absolute Gasteiger partial charge is 0.508 e. The van der Waals surface area contributed by atoms with Crippen LogP contribution in [0, 0.1) is 24.0 Å². The molecule has 2 aromatic carbocycles. The van der Waals surface area contributed by atoms with Crippen LogP contribution < -0.4 is 19.7 Å². The third-order valence-electron chi connectivity index (χ3n) is 10.5. The normalized spacial score (nSPS) is 24.3. The number of hydrogen-bond donors (Lipinski definition) is 2. The molecule has 2 N–H and O–H groups in total. The number of terminal acetylenes is 1. The number of benzene rings is 2. The maximum Gasteiger partial charge on any atom is 0.319 e. The molecule has 0 spiro atoms. The quantitative estimate of drug-likeness (QED) is 0.241. The summed E-state index contributed by atoms with van der Waals surface area (Å²) in [4.78, 5) is 18.8. The molecule has 2 aromatic heterocycles. The highest BCUT2D eigenvalue weighted by Crippen LogP contribution is 2.46. The van der Waals surface area contributed by atoms with Gasteiger partial charge in [0.2, 0.25) is 5.88 Å². The number of nitrogens with zero attached hydrogens (tertiary/aromatic N) is 5. The Morgan fingerprint density at radius 2 is 1.91 bits per heavy atom. The van der Waals surface area contributed by atoms with Gasteiger partial charge in [0.05, 0.1) is 17.1 Å². The SMILES string of the molecule is C#Cc1c(F)ccc2cc(O)cc(-c3nc4c5c(nc(OCC67CC(=C)CN6CC(=C)C7)nc5c3F)N3C[C@H]5CC[C@H](N5)[C@H]3CO4)c12. The maximum absolute atomic E-state index is 17.1. The predicted octanol–water partition coefficient (Wildman–Crippen LogP) is 4.85. The van der Waals surface area contributed by atoms with Gasteiger partial charge < -0.3 is 24.8 Å². The first kappa shape index (κ1) is 28.4. The van der Waals surface area contributed by atoms with Gasteiger partial charge in [-0.25, -0.2) is 13.8 Å². The Hall–Kier alpha value is -4.79. The molecule has 2 bridgehead atoms. The number of piperazine rings is 1. The number of hydrogen-bond acceptors (Lipinski definition) is 9. The highest BCUT2D eigenvalue weighted by Gasteiger charge is 2.48. The lowest BCUT2D eigenvalue weighted by Gasteiger charge is -2.40. The lowest BCUT2D eigenvalue weighted by molar-refractivity contribution is 0.108. The fourth-order valence-corrected chi connectivity index (χ4v) is 8.57. The molecule has 0 aliphatic carbocycles. The molecule has 47 heavy (non-hydrogen) atoms. The van der Waals surface area contributed by atoms with Crippen LogP contribution in [0.3, 0.4) is 0 Å². The van der Waals surface area contributed by atoms with Crippen LogP contribution in [0.5, 0.6) is 17.6 Å². The van der Waals surface area contributed by atoms with Gasteiger partial charge in [-0.3, -0.25) is 4.90 Å². The molecule has 11 heteroatoms. The number of fused-ring (bicyclic) bond motifs is 7. The molecule has 238 valence electrons. The lowest BCUT2D eigenvalue weighted by Crippen LogP contribution is -2.60. The second kappa shape index (κ2) is 10.1. The van der Waals surface area contributed by atoms with Crippen molar-refractivity contribution in [2.45, 2.75) is 49.3 Å². The number of phenols is 1. The molecule has 5 aliphatic heterocycles. The van der Waals surface area contributed by atoms with Gasteiger partial charge in [0.25, 0.3) is 0 Å². The van der Waals surface area contributed by atoms with Crippen LogP contribution >= 0.6 is 0 Å². The van der Waals surface area contributed by atoms with Crippen molar-refractivity contribution in [2.24, 2.45) is 0 Å². The number of aromatic hydroxyl groups is 1. The molecule has 0 unspecified atom stereocenters. The number of ether oxygens (including phenoxy) is 2. The molecule has 4 aromatic rings. The van der Waals surface area contributed by atoms with Crippen LogP contribution in [0.15, 0.2) is 48.6 Å². The first-order chi connectivity index (χ1) is 22.7. The van der Waals surface area contributed by atoms with Gasteiger partial charge in [0, 0.05) is 42.7 Å². The van der Waals surface area contributed by atoms with Crippen LogP contribution in [0.25, 0.3) is 32.9 Å². The number of anilines is 1. The Kier molecular flexibility index (Phi) is 6.11. The zero-order chi connectivity index (χ0) is 32.2. The van der Waals surface area contributed by atoms with Crippen molar-refractivity contribution < 1.29 is 23.4 Å². The highest BCUT2D eigenvalue weighted by atomic mass is 19.1. The van der Waals surface area contributed by atoms with E-state index in [2.05, 4.69) is 44.2 Å². The van der Waals surface area contributed by atoms with E-state index >= 15 is 4.39 Å². The van der Waals surface area contributed by atoms with Gasteiger partial charge in [-0.2, -0.15) is 9.97 Å². The Morgan fingerprint density at radius 3 is 2.70 bits per heavy atom. The Labute approximate surface area is 269 Å². The third kappa shape index (κ3) is 4.24. The van der Waals surface area contributed by atoms with E-state index in [4.69, 9.17) is 20.9 Å². The number of rotatable bonds is 4. The van der Waals surface area contributed by atoms with Crippen molar-refractivity contribution in [3.05, 3.63) is 65.8 Å². The fraction of sp³-hybridized carbons (Fsp3) is 0.361. The summed E-state index contributed by atoms with van der Waals surface area (Å²) in [7, 11) is 0. The zero-order valence-corrected chi connectivity index (χ0v) is 25.7. The van der Waals surface area contributed by atoms with E-state index in [1.165, 1.54) is 24.3 Å². The molecule has 7 heterocycles. The topological polar surface area (TPSA) is 95.9 Å². The minimum atomic E-state index is -0.778. The lowest BCUT2D eigenvalue weighted by atomic mass is 9.92. The van der Waals surface area contributed by atoms with Crippen molar-refractivity contribution in [1.82, 2.24) is 25.2 Å². The van der Waals surface area contributed by atoms with Crippen LogP contribution in [0.4, 0.5) is 14.6 Å². The standard InChI is InChI=1S/C36H32F2N6O3/c1-4-23-25(37)7-5-20-9-22(45)10-24(28(20)23)31-30(38)32-29-33(44-15-21-6-8-26(39-21)27(44)16-46-34(29)40-31)42-35(41-32)47-17-36-11-18(2)13-43(36)14-19(3)12-36/h1,5,7,9-10,21,26-27,39,45H,2-3,6,8,11-17H2/t21-,26+,27-/m1/s1. The summed E-state index contributed by atoms with van der Waals surface area (Å²) < 4.78 is 44.8. The van der Waals surface area contributed by atoms with Crippen molar-refractivity contribution >= 4 is 27.5 Å². The molecule has 0 saturated carbocycles. The Morgan fingerprint density at radius 1 is 1.11 bits per heavy atom. The second-order valence-corrected chi connectivity index (χ2v) is 13.6. The van der Waals surface area contributed by atoms with E-state index in [1.807, 2.05) is 0 Å². The summed E-state index contributed by atoms with van der Waals surface area (Å²) in [6.07, 6.45) is 9.29. The molecule has 0 amide bonds. The summed E-state index contributed by atoms with van der Waals surface area (Å²) in [5, 5.41) is 15.4. The first-order valence-electron chi connectivity index (χ1n) is 15.9. The van der Waals surface area contributed by atoms with Crippen molar-refractivity contribution in [2.75, 3.05) is 37.7 Å². The Bertz CT molecular complexity index is 2090. The van der Waals surface area contributed by atoms with Crippen LogP contribution in [0.1, 0.15) is 31.2 Å². The second-order valence-electron chi connectivity index (χ2n) is 13.6. The third-order valence-corrected chi connectivity index (χ3v) is 10.5. The number of nitrogens with one attached hydrogen (secondary N) is 1. The average molecular weight is 635 g/mol. The summed E-state index contributed by atoms with van der Waals surface area (Å²) in [6, 6.07) is 5.90. The number of aromatic nitrogens is 3. The summed E-state index contributed by atoms with van der Waals surface area (Å²) in [5.74, 6) is 1.49. The molecule has 9 nitrogen and oxygen atoms in total. The van der Waals surface area contributed by atoms with Crippen molar-refractivity contribution in [3.63, 3.8) is 0 Å². The van der Waals surface area contributed by atoms with E-state index in [0.717, 1.165) is 49.9 Å². The van der Waals surface area contributed by atoms with E-state index in [1.54, 1.807) is 0 Å². The van der Waals surface area contributed by atoms with Gasteiger partial charge in [-0.1, -0.05) is 36.3 Å². The molecule has 5 aliphatic rings. The fourth-order valence-electron chi connectivity index (χ4n) is 8.57. The first-order valence-corrected chi connectivity index (χ1v) is 15.9. The highest BCUT2D eigenvalue weighted by molar-refractivity contribution is 6.04. The summed E-state index contributed by atoms with van der Waals surface area (Å²) in [5.41, 5.74) is 1.83. The predicted molar refractivity (Wildman–Crippen MR) is 174 cm³/mol. The smallest absolute Gasteiger partial charge is 0.319 e. The molecular formula is C36H32F2N6O3.